The molecule has 6 nitrogen and oxygen atoms in total. The lowest BCUT2D eigenvalue weighted by atomic mass is 9.68. The van der Waals surface area contributed by atoms with Crippen LogP contribution in [0.3, 0.4) is 0 Å². The van der Waals surface area contributed by atoms with Crippen LogP contribution in [0.1, 0.15) is 37.6 Å². The largest absolute Gasteiger partial charge is 0.465 e. The third kappa shape index (κ3) is 2.20. The van der Waals surface area contributed by atoms with E-state index in [4.69, 9.17) is 9.26 Å². The predicted octanol–water partition coefficient (Wildman–Crippen LogP) is 2.42. The van der Waals surface area contributed by atoms with Crippen molar-refractivity contribution in [1.82, 2.24) is 15.1 Å². The van der Waals surface area contributed by atoms with Crippen molar-refractivity contribution in [3.8, 4) is 11.4 Å². The Kier molecular flexibility index (Phi) is 3.45. The summed E-state index contributed by atoms with van der Waals surface area (Å²) in [5, 5.41) is 4.02. The highest BCUT2D eigenvalue weighted by Gasteiger charge is 2.52. The number of hydrogen-bond acceptors (Lipinski definition) is 6. The number of pyridine rings is 1. The second-order valence-corrected chi connectivity index (χ2v) is 5.27. The Morgan fingerprint density at radius 1 is 1.48 bits per heavy atom. The van der Waals surface area contributed by atoms with Gasteiger partial charge in [-0.25, -0.2) is 0 Å². The number of carbonyl (C=O) groups excluding carboxylic acids is 1. The standard InChI is InChI=1S/C15H17N3O3/c1-3-20-14(19)15(6-4-7-15)13-17-12(18-21-13)11-5-8-16-9-10(11)2/h5,8-9H,3-4,6-7H2,1-2H3. The van der Waals surface area contributed by atoms with Crippen molar-refractivity contribution in [1.29, 1.82) is 0 Å². The molecule has 2 aromatic rings. The fourth-order valence-corrected chi connectivity index (χ4v) is 2.56. The van der Waals surface area contributed by atoms with Crippen molar-refractivity contribution in [2.75, 3.05) is 6.61 Å². The first-order chi connectivity index (χ1) is 10.2. The molecule has 1 saturated carbocycles. The van der Waals surface area contributed by atoms with Crippen molar-refractivity contribution in [3.05, 3.63) is 29.9 Å². The number of ether oxygens (including phenoxy) is 1. The zero-order valence-electron chi connectivity index (χ0n) is 12.1. The molecule has 3 rings (SSSR count). The molecule has 1 aliphatic rings. The van der Waals surface area contributed by atoms with E-state index in [-0.39, 0.29) is 5.97 Å². The fourth-order valence-electron chi connectivity index (χ4n) is 2.56. The van der Waals surface area contributed by atoms with Crippen molar-refractivity contribution in [2.24, 2.45) is 0 Å². The number of aryl methyl sites for hydroxylation is 1. The molecule has 0 aliphatic heterocycles. The molecule has 0 saturated heterocycles. The molecule has 2 heterocycles. The Balaban J connectivity index is 1.94. The molecule has 1 fully saturated rings. The number of carbonyl (C=O) groups is 1. The Morgan fingerprint density at radius 3 is 2.90 bits per heavy atom. The maximum absolute atomic E-state index is 12.2. The van der Waals surface area contributed by atoms with Gasteiger partial charge in [0, 0.05) is 18.0 Å². The van der Waals surface area contributed by atoms with Gasteiger partial charge in [-0.1, -0.05) is 11.6 Å². The van der Waals surface area contributed by atoms with E-state index in [0.717, 1.165) is 17.5 Å². The average Bonchev–Trinajstić information content (AvgIpc) is 2.88. The van der Waals surface area contributed by atoms with Crippen molar-refractivity contribution in [3.63, 3.8) is 0 Å². The second kappa shape index (κ2) is 5.27. The van der Waals surface area contributed by atoms with E-state index in [1.54, 1.807) is 19.3 Å². The third-order valence-corrected chi connectivity index (χ3v) is 3.97. The van der Waals surface area contributed by atoms with Crippen LogP contribution in [0, 0.1) is 6.92 Å². The first kappa shape index (κ1) is 13.7. The van der Waals surface area contributed by atoms with Gasteiger partial charge in [-0.3, -0.25) is 9.78 Å². The van der Waals surface area contributed by atoms with Crippen molar-refractivity contribution >= 4 is 5.97 Å². The summed E-state index contributed by atoms with van der Waals surface area (Å²) in [5.41, 5.74) is 1.07. The van der Waals surface area contributed by atoms with Crippen LogP contribution >= 0.6 is 0 Å². The summed E-state index contributed by atoms with van der Waals surface area (Å²) < 4.78 is 10.5. The van der Waals surface area contributed by atoms with Crippen molar-refractivity contribution < 1.29 is 14.1 Å². The topological polar surface area (TPSA) is 78.1 Å². The predicted molar refractivity (Wildman–Crippen MR) is 74.4 cm³/mol. The van der Waals surface area contributed by atoms with Crippen LogP contribution in [-0.2, 0) is 14.9 Å². The lowest BCUT2D eigenvalue weighted by Gasteiger charge is -2.35. The number of nitrogens with zero attached hydrogens (tertiary/aromatic N) is 3. The first-order valence-electron chi connectivity index (χ1n) is 7.10. The summed E-state index contributed by atoms with van der Waals surface area (Å²) in [4.78, 5) is 20.7. The summed E-state index contributed by atoms with van der Waals surface area (Å²) >= 11 is 0. The van der Waals surface area contributed by atoms with Crippen LogP contribution in [-0.4, -0.2) is 27.7 Å². The van der Waals surface area contributed by atoms with Gasteiger partial charge < -0.3 is 9.26 Å². The third-order valence-electron chi connectivity index (χ3n) is 3.97. The van der Waals surface area contributed by atoms with Gasteiger partial charge in [0.05, 0.1) is 6.61 Å². The zero-order chi connectivity index (χ0) is 14.9. The maximum atomic E-state index is 12.2. The van der Waals surface area contributed by atoms with Gasteiger partial charge in [0.2, 0.25) is 11.7 Å². The van der Waals surface area contributed by atoms with E-state index in [1.165, 1.54) is 0 Å². The lowest BCUT2D eigenvalue weighted by Crippen LogP contribution is -2.44. The second-order valence-electron chi connectivity index (χ2n) is 5.27. The molecule has 0 atom stereocenters. The smallest absolute Gasteiger partial charge is 0.321 e. The minimum atomic E-state index is -0.748. The highest BCUT2D eigenvalue weighted by molar-refractivity contribution is 5.83. The highest BCUT2D eigenvalue weighted by atomic mass is 16.5. The molecule has 21 heavy (non-hydrogen) atoms. The van der Waals surface area contributed by atoms with Crippen LogP contribution in [0.25, 0.3) is 11.4 Å². The van der Waals surface area contributed by atoms with Gasteiger partial charge in [-0.2, -0.15) is 4.98 Å². The van der Waals surface area contributed by atoms with E-state index in [0.29, 0.717) is 31.2 Å². The SMILES string of the molecule is CCOC(=O)C1(c2nc(-c3ccncc3C)no2)CCC1. The molecule has 1 aliphatic carbocycles. The van der Waals surface area contributed by atoms with Crippen LogP contribution in [0.5, 0.6) is 0 Å². The monoisotopic (exact) mass is 287 g/mol. The van der Waals surface area contributed by atoms with Gasteiger partial charge in [0.25, 0.3) is 0 Å². The number of esters is 1. The average molecular weight is 287 g/mol. The van der Waals surface area contributed by atoms with Gasteiger partial charge in [0.1, 0.15) is 5.41 Å². The van der Waals surface area contributed by atoms with E-state index in [2.05, 4.69) is 15.1 Å². The number of rotatable bonds is 4. The summed E-state index contributed by atoms with van der Waals surface area (Å²) in [7, 11) is 0. The molecule has 0 unspecified atom stereocenters. The van der Waals surface area contributed by atoms with E-state index in [1.807, 2.05) is 13.0 Å². The lowest BCUT2D eigenvalue weighted by molar-refractivity contribution is -0.155. The number of hydrogen-bond donors (Lipinski definition) is 0. The molecule has 0 spiro atoms. The Morgan fingerprint density at radius 2 is 2.29 bits per heavy atom. The summed E-state index contributed by atoms with van der Waals surface area (Å²) in [6.45, 7) is 4.08. The molecule has 2 aromatic heterocycles. The maximum Gasteiger partial charge on any atom is 0.321 e. The zero-order valence-corrected chi connectivity index (χ0v) is 12.1. The number of aromatic nitrogens is 3. The normalized spacial score (nSPS) is 16.3. The molecule has 0 aromatic carbocycles. The van der Waals surface area contributed by atoms with E-state index in [9.17, 15) is 4.79 Å². The molecular formula is C15H17N3O3. The molecule has 6 heteroatoms. The van der Waals surface area contributed by atoms with Gasteiger partial charge in [-0.15, -0.1) is 0 Å². The van der Waals surface area contributed by atoms with E-state index < -0.39 is 5.41 Å². The minimum Gasteiger partial charge on any atom is -0.465 e. The molecule has 0 N–H and O–H groups in total. The van der Waals surface area contributed by atoms with Gasteiger partial charge >= 0.3 is 5.97 Å². The Labute approximate surface area is 122 Å². The summed E-state index contributed by atoms with van der Waals surface area (Å²) in [5.74, 6) is 0.580. The summed E-state index contributed by atoms with van der Waals surface area (Å²) in [6, 6.07) is 1.84. The summed E-state index contributed by atoms with van der Waals surface area (Å²) in [6.07, 6.45) is 5.79. The van der Waals surface area contributed by atoms with Gasteiger partial charge in [-0.05, 0) is 38.3 Å². The molecular weight excluding hydrogens is 270 g/mol. The Hall–Kier alpha value is -2.24. The first-order valence-corrected chi connectivity index (χ1v) is 7.10. The molecule has 110 valence electrons. The van der Waals surface area contributed by atoms with Crippen molar-refractivity contribution in [2.45, 2.75) is 38.5 Å². The van der Waals surface area contributed by atoms with Crippen LogP contribution in [0.2, 0.25) is 0 Å². The van der Waals surface area contributed by atoms with Crippen LogP contribution in [0.4, 0.5) is 0 Å². The molecule has 0 amide bonds. The quantitative estimate of drug-likeness (QED) is 0.804. The fraction of sp³-hybridized carbons (Fsp3) is 0.467. The van der Waals surface area contributed by atoms with Gasteiger partial charge in [0.15, 0.2) is 0 Å². The molecule has 0 radical (unpaired) electrons. The van der Waals surface area contributed by atoms with Crippen LogP contribution < -0.4 is 0 Å². The highest BCUT2D eigenvalue weighted by Crippen LogP contribution is 2.44. The Bertz CT molecular complexity index is 662. The van der Waals surface area contributed by atoms with Crippen LogP contribution in [0.15, 0.2) is 23.0 Å². The van der Waals surface area contributed by atoms with E-state index >= 15 is 0 Å². The molecule has 0 bridgehead atoms. The minimum absolute atomic E-state index is 0.266.